The van der Waals surface area contributed by atoms with Crippen molar-refractivity contribution in [1.29, 1.82) is 0 Å². The number of piperidine rings is 1. The predicted octanol–water partition coefficient (Wildman–Crippen LogP) is 0.400. The molecule has 1 aliphatic heterocycles. The van der Waals surface area contributed by atoms with Gasteiger partial charge in [-0.3, -0.25) is 0 Å². The van der Waals surface area contributed by atoms with Gasteiger partial charge in [0.05, 0.1) is 11.0 Å². The Bertz CT molecular complexity index is 155. The fraction of sp³-hybridized carbons (Fsp3) is 1.00. The van der Waals surface area contributed by atoms with Gasteiger partial charge in [-0.05, 0) is 33.2 Å². The van der Waals surface area contributed by atoms with Gasteiger partial charge in [0.2, 0.25) is 0 Å². The lowest BCUT2D eigenvalue weighted by Crippen LogP contribution is -2.45. The monoisotopic (exact) mass is 190 g/mol. The molecule has 72 valence electrons. The third kappa shape index (κ3) is 3.21. The second-order valence-electron chi connectivity index (χ2n) is 3.51. The van der Waals surface area contributed by atoms with E-state index in [1.807, 2.05) is 13.8 Å². The fourth-order valence-electron chi connectivity index (χ4n) is 1.25. The van der Waals surface area contributed by atoms with Crippen LogP contribution in [0.2, 0.25) is 0 Å². The molecule has 2 atom stereocenters. The SMILES string of the molecule is CC(C)S(=O)N[C@@H]1CCCNC1. The normalized spacial score (nSPS) is 27.4. The van der Waals surface area contributed by atoms with Crippen molar-refractivity contribution in [3.63, 3.8) is 0 Å². The molecule has 1 fully saturated rings. The minimum absolute atomic E-state index is 0.215. The molecule has 0 spiro atoms. The van der Waals surface area contributed by atoms with E-state index in [9.17, 15) is 4.21 Å². The molecule has 0 radical (unpaired) electrons. The van der Waals surface area contributed by atoms with Crippen molar-refractivity contribution in [2.45, 2.75) is 38.0 Å². The van der Waals surface area contributed by atoms with E-state index in [1.165, 1.54) is 6.42 Å². The van der Waals surface area contributed by atoms with E-state index in [4.69, 9.17) is 0 Å². The van der Waals surface area contributed by atoms with E-state index < -0.39 is 11.0 Å². The van der Waals surface area contributed by atoms with Crippen molar-refractivity contribution in [2.75, 3.05) is 13.1 Å². The maximum atomic E-state index is 11.4. The average Bonchev–Trinajstić information content (AvgIpc) is 2.06. The Morgan fingerprint density at radius 3 is 2.83 bits per heavy atom. The molecule has 0 aliphatic carbocycles. The van der Waals surface area contributed by atoms with Gasteiger partial charge in [-0.2, -0.15) is 0 Å². The van der Waals surface area contributed by atoms with Crippen LogP contribution in [0, 0.1) is 0 Å². The molecule has 2 N–H and O–H groups in total. The van der Waals surface area contributed by atoms with E-state index in [0.717, 1.165) is 19.5 Å². The molecule has 0 amide bonds. The van der Waals surface area contributed by atoms with Gasteiger partial charge >= 0.3 is 0 Å². The van der Waals surface area contributed by atoms with Crippen LogP contribution in [0.3, 0.4) is 0 Å². The summed E-state index contributed by atoms with van der Waals surface area (Å²) in [5.74, 6) is 0. The van der Waals surface area contributed by atoms with Gasteiger partial charge in [-0.15, -0.1) is 0 Å². The van der Waals surface area contributed by atoms with Crippen molar-refractivity contribution in [3.05, 3.63) is 0 Å². The summed E-state index contributed by atoms with van der Waals surface area (Å²) in [7, 11) is -0.859. The first-order valence-corrected chi connectivity index (χ1v) is 5.79. The summed E-state index contributed by atoms with van der Waals surface area (Å²) in [5.41, 5.74) is 0. The summed E-state index contributed by atoms with van der Waals surface area (Å²) in [6.45, 7) is 6.00. The molecule has 0 aromatic heterocycles. The zero-order valence-electron chi connectivity index (χ0n) is 7.80. The molecule has 0 saturated carbocycles. The predicted molar refractivity (Wildman–Crippen MR) is 52.3 cm³/mol. The topological polar surface area (TPSA) is 41.1 Å². The van der Waals surface area contributed by atoms with Crippen LogP contribution in [0.15, 0.2) is 0 Å². The quantitative estimate of drug-likeness (QED) is 0.676. The first-order chi connectivity index (χ1) is 5.70. The Kier molecular flexibility index (Phi) is 4.18. The summed E-state index contributed by atoms with van der Waals surface area (Å²) >= 11 is 0. The Balaban J connectivity index is 2.24. The van der Waals surface area contributed by atoms with Crippen LogP contribution in [0.4, 0.5) is 0 Å². The van der Waals surface area contributed by atoms with Crippen LogP contribution in [-0.2, 0) is 11.0 Å². The molecule has 1 aliphatic rings. The minimum atomic E-state index is -0.859. The lowest BCUT2D eigenvalue weighted by molar-refractivity contribution is 0.436. The first kappa shape index (κ1) is 10.2. The molecular weight excluding hydrogens is 172 g/mol. The smallest absolute Gasteiger partial charge is 0.0944 e. The highest BCUT2D eigenvalue weighted by atomic mass is 32.2. The molecule has 3 nitrogen and oxygen atoms in total. The van der Waals surface area contributed by atoms with Gasteiger partial charge in [0.1, 0.15) is 0 Å². The highest BCUT2D eigenvalue weighted by molar-refractivity contribution is 7.83. The van der Waals surface area contributed by atoms with E-state index in [-0.39, 0.29) is 5.25 Å². The second kappa shape index (κ2) is 4.94. The lowest BCUT2D eigenvalue weighted by Gasteiger charge is -2.23. The second-order valence-corrected chi connectivity index (χ2v) is 5.28. The van der Waals surface area contributed by atoms with Gasteiger partial charge in [0.25, 0.3) is 0 Å². The fourth-order valence-corrected chi connectivity index (χ4v) is 2.05. The van der Waals surface area contributed by atoms with Crippen LogP contribution >= 0.6 is 0 Å². The Hall–Kier alpha value is 0.0700. The van der Waals surface area contributed by atoms with Crippen molar-refractivity contribution in [2.24, 2.45) is 0 Å². The number of hydrogen-bond acceptors (Lipinski definition) is 2. The molecule has 4 heteroatoms. The molecule has 1 saturated heterocycles. The van der Waals surface area contributed by atoms with E-state index in [2.05, 4.69) is 10.0 Å². The molecule has 0 aromatic carbocycles. The molecule has 1 heterocycles. The van der Waals surface area contributed by atoms with E-state index in [0.29, 0.717) is 6.04 Å². The van der Waals surface area contributed by atoms with Crippen LogP contribution < -0.4 is 10.0 Å². The minimum Gasteiger partial charge on any atom is -0.315 e. The summed E-state index contributed by atoms with van der Waals surface area (Å²) in [4.78, 5) is 0. The molecule has 1 unspecified atom stereocenters. The van der Waals surface area contributed by atoms with Crippen molar-refractivity contribution >= 4 is 11.0 Å². The van der Waals surface area contributed by atoms with Crippen LogP contribution in [0.5, 0.6) is 0 Å². The molecule has 12 heavy (non-hydrogen) atoms. The van der Waals surface area contributed by atoms with Gasteiger partial charge in [-0.25, -0.2) is 8.93 Å². The van der Waals surface area contributed by atoms with E-state index in [1.54, 1.807) is 0 Å². The summed E-state index contributed by atoms with van der Waals surface area (Å²) in [5, 5.41) is 3.50. The lowest BCUT2D eigenvalue weighted by atomic mass is 10.1. The maximum Gasteiger partial charge on any atom is 0.0944 e. The van der Waals surface area contributed by atoms with Crippen molar-refractivity contribution < 1.29 is 4.21 Å². The third-order valence-electron chi connectivity index (χ3n) is 2.01. The molecule has 1 rings (SSSR count). The van der Waals surface area contributed by atoms with Gasteiger partial charge in [0, 0.05) is 17.8 Å². The number of nitrogens with one attached hydrogen (secondary N) is 2. The van der Waals surface area contributed by atoms with E-state index >= 15 is 0 Å². The van der Waals surface area contributed by atoms with Crippen molar-refractivity contribution in [3.8, 4) is 0 Å². The highest BCUT2D eigenvalue weighted by Gasteiger charge is 2.15. The largest absolute Gasteiger partial charge is 0.315 e. The zero-order chi connectivity index (χ0) is 8.97. The first-order valence-electron chi connectivity index (χ1n) is 4.57. The Morgan fingerprint density at radius 2 is 2.33 bits per heavy atom. The molecule has 0 aromatic rings. The number of rotatable bonds is 3. The Labute approximate surface area is 76.9 Å². The molecule has 0 bridgehead atoms. The van der Waals surface area contributed by atoms with Gasteiger partial charge in [0.15, 0.2) is 0 Å². The highest BCUT2D eigenvalue weighted by Crippen LogP contribution is 2.03. The van der Waals surface area contributed by atoms with Gasteiger partial charge < -0.3 is 5.32 Å². The molecular formula is C8H18N2OS. The van der Waals surface area contributed by atoms with Crippen LogP contribution in [0.1, 0.15) is 26.7 Å². The van der Waals surface area contributed by atoms with Crippen molar-refractivity contribution in [1.82, 2.24) is 10.0 Å². The summed E-state index contributed by atoms with van der Waals surface area (Å²) in [6.07, 6.45) is 2.33. The third-order valence-corrected chi connectivity index (χ3v) is 3.43. The summed E-state index contributed by atoms with van der Waals surface area (Å²) in [6, 6.07) is 0.405. The maximum absolute atomic E-state index is 11.4. The van der Waals surface area contributed by atoms with Gasteiger partial charge in [-0.1, -0.05) is 0 Å². The zero-order valence-corrected chi connectivity index (χ0v) is 8.62. The summed E-state index contributed by atoms with van der Waals surface area (Å²) < 4.78 is 14.5. The number of hydrogen-bond donors (Lipinski definition) is 2. The Morgan fingerprint density at radius 1 is 1.58 bits per heavy atom. The van der Waals surface area contributed by atoms with Crippen LogP contribution in [0.25, 0.3) is 0 Å². The standard InChI is InChI=1S/C8H18N2OS/c1-7(2)12(11)10-8-4-3-5-9-6-8/h7-10H,3-6H2,1-2H3/t8-,12?/m1/s1. The average molecular weight is 190 g/mol. The van der Waals surface area contributed by atoms with Crippen LogP contribution in [-0.4, -0.2) is 28.6 Å².